The van der Waals surface area contributed by atoms with Crippen LogP contribution in [0.25, 0.3) is 22.3 Å². The maximum atomic E-state index is 6.41. The van der Waals surface area contributed by atoms with Crippen molar-refractivity contribution in [1.82, 2.24) is 15.0 Å². The van der Waals surface area contributed by atoms with E-state index in [0.717, 1.165) is 27.9 Å². The SMILES string of the molecule is CN=CC(=C(N)c1cccnc1C)c1cnc2ccc(Cl)nc2c1. The van der Waals surface area contributed by atoms with E-state index in [-0.39, 0.29) is 0 Å². The molecule has 0 spiro atoms. The Hall–Kier alpha value is -2.79. The summed E-state index contributed by atoms with van der Waals surface area (Å²) in [5.41, 5.74) is 11.8. The quantitative estimate of drug-likeness (QED) is 0.586. The lowest BCUT2D eigenvalue weighted by molar-refractivity contribution is 1.18. The van der Waals surface area contributed by atoms with Gasteiger partial charge >= 0.3 is 0 Å². The molecule has 0 atom stereocenters. The number of hydrogen-bond donors (Lipinski definition) is 1. The number of halogens is 1. The number of aromatic nitrogens is 3. The molecule has 5 nitrogen and oxygen atoms in total. The minimum Gasteiger partial charge on any atom is -0.398 e. The van der Waals surface area contributed by atoms with Crippen molar-refractivity contribution in [3.63, 3.8) is 0 Å². The fourth-order valence-electron chi connectivity index (χ4n) is 2.47. The average molecular weight is 338 g/mol. The molecular weight excluding hydrogens is 322 g/mol. The average Bonchev–Trinajstić information content (AvgIpc) is 2.59. The van der Waals surface area contributed by atoms with Gasteiger partial charge in [0, 0.05) is 48.0 Å². The predicted molar refractivity (Wildman–Crippen MR) is 98.9 cm³/mol. The number of aryl methyl sites for hydroxylation is 1. The highest BCUT2D eigenvalue weighted by atomic mass is 35.5. The Morgan fingerprint density at radius 3 is 2.79 bits per heavy atom. The van der Waals surface area contributed by atoms with Gasteiger partial charge in [-0.1, -0.05) is 11.6 Å². The van der Waals surface area contributed by atoms with E-state index in [1.54, 1.807) is 31.7 Å². The second-order valence-electron chi connectivity index (χ2n) is 5.25. The molecule has 3 rings (SSSR count). The van der Waals surface area contributed by atoms with Gasteiger partial charge in [-0.15, -0.1) is 0 Å². The lowest BCUT2D eigenvalue weighted by Crippen LogP contribution is -2.05. The Morgan fingerprint density at radius 2 is 2.04 bits per heavy atom. The van der Waals surface area contributed by atoms with E-state index in [0.29, 0.717) is 16.4 Å². The number of aliphatic imine (C=N–C) groups is 1. The van der Waals surface area contributed by atoms with Crippen molar-refractivity contribution < 1.29 is 0 Å². The molecule has 3 heterocycles. The van der Waals surface area contributed by atoms with Crippen LogP contribution < -0.4 is 5.73 Å². The first-order valence-electron chi connectivity index (χ1n) is 7.36. The van der Waals surface area contributed by atoms with Crippen molar-refractivity contribution >= 4 is 40.1 Å². The monoisotopic (exact) mass is 337 g/mol. The highest BCUT2D eigenvalue weighted by molar-refractivity contribution is 6.29. The van der Waals surface area contributed by atoms with Crippen LogP contribution in [0.4, 0.5) is 0 Å². The Balaban J connectivity index is 2.21. The van der Waals surface area contributed by atoms with Crippen LogP contribution in [0.3, 0.4) is 0 Å². The van der Waals surface area contributed by atoms with Crippen molar-refractivity contribution in [2.75, 3.05) is 7.05 Å². The standard InChI is InChI=1S/C18H16ClN5/c1-11-13(4-3-7-22-11)18(20)14(10-21-2)12-8-16-15(23-9-12)5-6-17(19)24-16/h3-10H,20H2,1-2H3. The maximum absolute atomic E-state index is 6.41. The Kier molecular flexibility index (Phi) is 4.53. The van der Waals surface area contributed by atoms with Crippen molar-refractivity contribution in [2.45, 2.75) is 6.92 Å². The predicted octanol–water partition coefficient (Wildman–Crippen LogP) is 3.51. The third-order valence-corrected chi connectivity index (χ3v) is 3.87. The second kappa shape index (κ2) is 6.76. The molecule has 0 amide bonds. The Bertz CT molecular complexity index is 963. The number of fused-ring (bicyclic) bond motifs is 1. The molecule has 2 N–H and O–H groups in total. The van der Waals surface area contributed by atoms with Gasteiger partial charge < -0.3 is 5.73 Å². The molecular formula is C18H16ClN5. The zero-order valence-corrected chi connectivity index (χ0v) is 14.1. The van der Waals surface area contributed by atoms with E-state index in [9.17, 15) is 0 Å². The summed E-state index contributed by atoms with van der Waals surface area (Å²) in [6.07, 6.45) is 5.21. The highest BCUT2D eigenvalue weighted by Gasteiger charge is 2.11. The maximum Gasteiger partial charge on any atom is 0.129 e. The summed E-state index contributed by atoms with van der Waals surface area (Å²) in [5.74, 6) is 0. The molecule has 0 unspecified atom stereocenters. The third kappa shape index (κ3) is 3.12. The fourth-order valence-corrected chi connectivity index (χ4v) is 2.63. The third-order valence-electron chi connectivity index (χ3n) is 3.66. The van der Waals surface area contributed by atoms with E-state index in [1.807, 2.05) is 31.2 Å². The van der Waals surface area contributed by atoms with Gasteiger partial charge in [-0.05, 0) is 37.3 Å². The normalized spacial score (nSPS) is 12.6. The summed E-state index contributed by atoms with van der Waals surface area (Å²) in [7, 11) is 1.70. The fraction of sp³-hybridized carbons (Fsp3) is 0.111. The van der Waals surface area contributed by atoms with E-state index in [2.05, 4.69) is 19.9 Å². The lowest BCUT2D eigenvalue weighted by Gasteiger charge is -2.11. The van der Waals surface area contributed by atoms with Gasteiger partial charge in [0.05, 0.1) is 16.7 Å². The van der Waals surface area contributed by atoms with E-state index < -0.39 is 0 Å². The summed E-state index contributed by atoms with van der Waals surface area (Å²) in [6, 6.07) is 9.25. The Labute approximate surface area is 145 Å². The number of pyridine rings is 3. The molecule has 3 aromatic rings. The summed E-state index contributed by atoms with van der Waals surface area (Å²) in [5, 5.41) is 0.423. The van der Waals surface area contributed by atoms with Crippen LogP contribution in [-0.4, -0.2) is 28.2 Å². The highest BCUT2D eigenvalue weighted by Crippen LogP contribution is 2.24. The van der Waals surface area contributed by atoms with E-state index in [4.69, 9.17) is 17.3 Å². The summed E-state index contributed by atoms with van der Waals surface area (Å²) >= 11 is 5.98. The topological polar surface area (TPSA) is 77.0 Å². The summed E-state index contributed by atoms with van der Waals surface area (Å²) in [6.45, 7) is 1.92. The number of hydrogen-bond acceptors (Lipinski definition) is 5. The van der Waals surface area contributed by atoms with E-state index >= 15 is 0 Å². The van der Waals surface area contributed by atoms with Crippen LogP contribution >= 0.6 is 11.6 Å². The van der Waals surface area contributed by atoms with Crippen LogP contribution in [0.5, 0.6) is 0 Å². The minimum absolute atomic E-state index is 0.423. The van der Waals surface area contributed by atoms with Crippen LogP contribution in [0.2, 0.25) is 5.15 Å². The summed E-state index contributed by atoms with van der Waals surface area (Å²) < 4.78 is 0. The molecule has 120 valence electrons. The van der Waals surface area contributed by atoms with E-state index in [1.165, 1.54) is 0 Å². The molecule has 6 heteroatoms. The molecule has 0 aromatic carbocycles. The minimum atomic E-state index is 0.423. The molecule has 0 aliphatic heterocycles. The first-order chi connectivity index (χ1) is 11.6. The van der Waals surface area contributed by atoms with Gasteiger partial charge in [0.2, 0.25) is 0 Å². The zero-order valence-electron chi connectivity index (χ0n) is 13.4. The molecule has 0 saturated heterocycles. The van der Waals surface area contributed by atoms with Crippen LogP contribution in [0, 0.1) is 6.92 Å². The van der Waals surface area contributed by atoms with Gasteiger partial charge in [0.25, 0.3) is 0 Å². The largest absolute Gasteiger partial charge is 0.398 e. The van der Waals surface area contributed by atoms with Gasteiger partial charge in [0.1, 0.15) is 5.15 Å². The molecule has 24 heavy (non-hydrogen) atoms. The molecule has 3 aromatic heterocycles. The number of nitrogens with zero attached hydrogens (tertiary/aromatic N) is 4. The Morgan fingerprint density at radius 1 is 1.21 bits per heavy atom. The van der Waals surface area contributed by atoms with Crippen molar-refractivity contribution in [2.24, 2.45) is 10.7 Å². The first kappa shape index (κ1) is 16.1. The van der Waals surface area contributed by atoms with Gasteiger partial charge in [0.15, 0.2) is 0 Å². The van der Waals surface area contributed by atoms with Gasteiger partial charge in [-0.2, -0.15) is 0 Å². The molecule has 0 radical (unpaired) electrons. The number of allylic oxidation sites excluding steroid dienone is 1. The number of rotatable bonds is 3. The van der Waals surface area contributed by atoms with Gasteiger partial charge in [-0.25, -0.2) is 4.98 Å². The van der Waals surface area contributed by atoms with Crippen molar-refractivity contribution in [1.29, 1.82) is 0 Å². The molecule has 0 aliphatic carbocycles. The first-order valence-corrected chi connectivity index (χ1v) is 7.74. The zero-order chi connectivity index (χ0) is 17.1. The lowest BCUT2D eigenvalue weighted by atomic mass is 10.0. The number of nitrogens with two attached hydrogens (primary N) is 1. The molecule has 0 bridgehead atoms. The van der Waals surface area contributed by atoms with Crippen molar-refractivity contribution in [3.8, 4) is 0 Å². The molecule has 0 saturated carbocycles. The summed E-state index contributed by atoms with van der Waals surface area (Å²) in [4.78, 5) is 17.2. The smallest absolute Gasteiger partial charge is 0.129 e. The van der Waals surface area contributed by atoms with Crippen LogP contribution in [-0.2, 0) is 0 Å². The molecule has 0 fully saturated rings. The van der Waals surface area contributed by atoms with Crippen molar-refractivity contribution in [3.05, 3.63) is 64.7 Å². The van der Waals surface area contributed by atoms with Crippen LogP contribution in [0.15, 0.2) is 47.7 Å². The van der Waals surface area contributed by atoms with Crippen LogP contribution in [0.1, 0.15) is 16.8 Å². The van der Waals surface area contributed by atoms with Gasteiger partial charge in [-0.3, -0.25) is 15.0 Å². The molecule has 0 aliphatic rings. The second-order valence-corrected chi connectivity index (χ2v) is 5.63.